The molecular weight excluding hydrogens is 270 g/mol. The van der Waals surface area contributed by atoms with Gasteiger partial charge in [0, 0.05) is 40.0 Å². The van der Waals surface area contributed by atoms with Crippen LogP contribution in [0.3, 0.4) is 0 Å². The molecule has 4 aromatic rings. The smallest absolute Gasteiger partial charge is 0.136 e. The van der Waals surface area contributed by atoms with Gasteiger partial charge in [-0.1, -0.05) is 43.0 Å². The van der Waals surface area contributed by atoms with E-state index in [9.17, 15) is 0 Å². The molecule has 0 unspecified atom stereocenters. The van der Waals surface area contributed by atoms with Crippen LogP contribution in [0.5, 0.6) is 0 Å². The molecule has 0 saturated heterocycles. The highest BCUT2D eigenvalue weighted by atomic mass is 16.3. The number of hydrogen-bond acceptors (Lipinski definition) is 1. The van der Waals surface area contributed by atoms with Crippen LogP contribution in [0, 0.1) is 6.92 Å². The van der Waals surface area contributed by atoms with Crippen LogP contribution >= 0.6 is 0 Å². The third kappa shape index (κ3) is 1.67. The Morgan fingerprint density at radius 2 is 1.86 bits per heavy atom. The van der Waals surface area contributed by atoms with Gasteiger partial charge in [0.05, 0.1) is 0 Å². The van der Waals surface area contributed by atoms with E-state index in [1.165, 1.54) is 32.9 Å². The van der Waals surface area contributed by atoms with Crippen molar-refractivity contribution in [2.24, 2.45) is 7.05 Å². The second-order valence-corrected chi connectivity index (χ2v) is 5.62. The highest BCUT2D eigenvalue weighted by Gasteiger charge is 2.14. The molecule has 0 bridgehead atoms. The number of rotatable bonds is 2. The summed E-state index contributed by atoms with van der Waals surface area (Å²) in [7, 11) is 2.11. The lowest BCUT2D eigenvalue weighted by atomic mass is 10.1. The Morgan fingerprint density at radius 3 is 2.68 bits per heavy atom. The van der Waals surface area contributed by atoms with Crippen molar-refractivity contribution < 1.29 is 4.42 Å². The Bertz CT molecular complexity index is 1060. The lowest BCUT2D eigenvalue weighted by molar-refractivity contribution is 0.669. The SMILES string of the molecule is C=C/C=C\c1c(C)n(C)c2cc3c(cc12)oc1ccccc13. The van der Waals surface area contributed by atoms with E-state index in [-0.39, 0.29) is 0 Å². The lowest BCUT2D eigenvalue weighted by Gasteiger charge is -1.98. The molecule has 4 rings (SSSR count). The highest BCUT2D eigenvalue weighted by Crippen LogP contribution is 2.35. The molecule has 22 heavy (non-hydrogen) atoms. The van der Waals surface area contributed by atoms with Crippen molar-refractivity contribution in [2.75, 3.05) is 0 Å². The van der Waals surface area contributed by atoms with Gasteiger partial charge in [0.1, 0.15) is 11.2 Å². The molecule has 0 atom stereocenters. The van der Waals surface area contributed by atoms with E-state index in [4.69, 9.17) is 4.42 Å². The average molecular weight is 287 g/mol. The van der Waals surface area contributed by atoms with Crippen LogP contribution in [-0.2, 0) is 7.05 Å². The number of allylic oxidation sites excluding steroid dienone is 2. The monoisotopic (exact) mass is 287 g/mol. The van der Waals surface area contributed by atoms with Gasteiger partial charge in [-0.25, -0.2) is 0 Å². The van der Waals surface area contributed by atoms with Gasteiger partial charge in [-0.2, -0.15) is 0 Å². The minimum Gasteiger partial charge on any atom is -0.456 e. The van der Waals surface area contributed by atoms with Gasteiger partial charge >= 0.3 is 0 Å². The summed E-state index contributed by atoms with van der Waals surface area (Å²) in [6, 6.07) is 12.6. The van der Waals surface area contributed by atoms with E-state index >= 15 is 0 Å². The second-order valence-electron chi connectivity index (χ2n) is 5.62. The molecule has 0 aliphatic heterocycles. The second kappa shape index (κ2) is 4.63. The Kier molecular flexibility index (Phi) is 2.73. The number of aryl methyl sites for hydroxylation is 1. The van der Waals surface area contributed by atoms with E-state index in [0.717, 1.165) is 11.2 Å². The number of furan rings is 1. The summed E-state index contributed by atoms with van der Waals surface area (Å²) in [5.41, 5.74) is 5.56. The standard InChI is InChI=1S/C20H17NO/c1-4-5-8-14-13(2)21(3)18-11-17-15-9-6-7-10-19(15)22-20(17)12-16(14)18/h4-12H,1H2,2-3H3/b8-5-. The molecule has 2 heterocycles. The topological polar surface area (TPSA) is 18.1 Å². The molecule has 2 heteroatoms. The highest BCUT2D eigenvalue weighted by molar-refractivity contribution is 6.11. The molecule has 0 saturated carbocycles. The number of para-hydroxylation sites is 1. The first-order valence-electron chi connectivity index (χ1n) is 7.40. The van der Waals surface area contributed by atoms with Gasteiger partial charge in [-0.05, 0) is 25.1 Å². The maximum Gasteiger partial charge on any atom is 0.136 e. The molecule has 0 N–H and O–H groups in total. The average Bonchev–Trinajstić information content (AvgIpc) is 3.00. The largest absolute Gasteiger partial charge is 0.456 e. The molecule has 0 fully saturated rings. The van der Waals surface area contributed by atoms with Crippen molar-refractivity contribution in [2.45, 2.75) is 6.92 Å². The zero-order chi connectivity index (χ0) is 15.3. The molecule has 108 valence electrons. The number of fused-ring (bicyclic) bond motifs is 4. The zero-order valence-electron chi connectivity index (χ0n) is 12.8. The van der Waals surface area contributed by atoms with Crippen LogP contribution in [0.25, 0.3) is 38.9 Å². The molecule has 0 spiro atoms. The van der Waals surface area contributed by atoms with E-state index in [2.05, 4.69) is 55.5 Å². The fourth-order valence-corrected chi connectivity index (χ4v) is 3.18. The molecule has 0 aliphatic rings. The van der Waals surface area contributed by atoms with E-state index in [0.29, 0.717) is 0 Å². The Labute approximate surface area is 129 Å². The Hall–Kier alpha value is -2.74. The number of aromatic nitrogens is 1. The molecular formula is C20H17NO. The van der Waals surface area contributed by atoms with Crippen molar-refractivity contribution in [1.29, 1.82) is 0 Å². The molecule has 0 amide bonds. The van der Waals surface area contributed by atoms with Crippen molar-refractivity contribution in [1.82, 2.24) is 4.57 Å². The van der Waals surface area contributed by atoms with Crippen LogP contribution in [0.1, 0.15) is 11.3 Å². The maximum absolute atomic E-state index is 6.02. The van der Waals surface area contributed by atoms with E-state index in [1.807, 2.05) is 18.2 Å². The predicted octanol–water partition coefficient (Wildman–Crippen LogP) is 5.59. The zero-order valence-corrected chi connectivity index (χ0v) is 12.8. The van der Waals surface area contributed by atoms with Crippen LogP contribution in [0.4, 0.5) is 0 Å². The summed E-state index contributed by atoms with van der Waals surface area (Å²) in [6.07, 6.45) is 5.89. The minimum atomic E-state index is 0.938. The van der Waals surface area contributed by atoms with Crippen LogP contribution < -0.4 is 0 Å². The first kappa shape index (κ1) is 13.0. The van der Waals surface area contributed by atoms with Crippen LogP contribution in [0.2, 0.25) is 0 Å². The molecule has 0 radical (unpaired) electrons. The van der Waals surface area contributed by atoms with Crippen molar-refractivity contribution in [3.8, 4) is 0 Å². The molecule has 2 nitrogen and oxygen atoms in total. The first-order chi connectivity index (χ1) is 10.7. The Morgan fingerprint density at radius 1 is 1.05 bits per heavy atom. The van der Waals surface area contributed by atoms with Crippen LogP contribution in [-0.4, -0.2) is 4.57 Å². The normalized spacial score (nSPS) is 12.1. The fourth-order valence-electron chi connectivity index (χ4n) is 3.18. The third-order valence-electron chi connectivity index (χ3n) is 4.44. The van der Waals surface area contributed by atoms with Gasteiger partial charge in [-0.3, -0.25) is 0 Å². The van der Waals surface area contributed by atoms with Gasteiger partial charge in [0.2, 0.25) is 0 Å². The van der Waals surface area contributed by atoms with Gasteiger partial charge in [0.15, 0.2) is 0 Å². The molecule has 2 aromatic carbocycles. The van der Waals surface area contributed by atoms with Crippen LogP contribution in [0.15, 0.2) is 59.5 Å². The summed E-state index contributed by atoms with van der Waals surface area (Å²) < 4.78 is 8.25. The van der Waals surface area contributed by atoms with Crippen molar-refractivity contribution in [3.05, 3.63) is 66.4 Å². The van der Waals surface area contributed by atoms with E-state index in [1.54, 1.807) is 6.08 Å². The summed E-state index contributed by atoms with van der Waals surface area (Å²) >= 11 is 0. The van der Waals surface area contributed by atoms with Crippen molar-refractivity contribution in [3.63, 3.8) is 0 Å². The molecule has 2 aromatic heterocycles. The summed E-state index contributed by atoms with van der Waals surface area (Å²) in [5.74, 6) is 0. The number of benzene rings is 2. The van der Waals surface area contributed by atoms with Gasteiger partial charge in [-0.15, -0.1) is 0 Å². The summed E-state index contributed by atoms with van der Waals surface area (Å²) in [6.45, 7) is 5.90. The molecule has 0 aliphatic carbocycles. The summed E-state index contributed by atoms with van der Waals surface area (Å²) in [4.78, 5) is 0. The van der Waals surface area contributed by atoms with Gasteiger partial charge < -0.3 is 8.98 Å². The van der Waals surface area contributed by atoms with E-state index < -0.39 is 0 Å². The van der Waals surface area contributed by atoms with Crippen molar-refractivity contribution >= 4 is 38.9 Å². The quantitative estimate of drug-likeness (QED) is 0.440. The first-order valence-corrected chi connectivity index (χ1v) is 7.40. The van der Waals surface area contributed by atoms with Gasteiger partial charge in [0.25, 0.3) is 0 Å². The summed E-state index contributed by atoms with van der Waals surface area (Å²) in [5, 5.41) is 3.55. The fraction of sp³-hybridized carbons (Fsp3) is 0.100. The predicted molar refractivity (Wildman–Crippen MR) is 94.2 cm³/mol. The number of hydrogen-bond donors (Lipinski definition) is 0. The number of nitrogens with zero attached hydrogens (tertiary/aromatic N) is 1. The minimum absolute atomic E-state index is 0.938. The third-order valence-corrected chi connectivity index (χ3v) is 4.44. The Balaban J connectivity index is 2.16. The maximum atomic E-state index is 6.02. The lowest BCUT2D eigenvalue weighted by Crippen LogP contribution is -1.90.